The van der Waals surface area contributed by atoms with Crippen LogP contribution in [0.4, 0.5) is 0 Å². The molecule has 1 N–H and O–H groups in total. The van der Waals surface area contributed by atoms with E-state index in [-0.39, 0.29) is 0 Å². The molecule has 0 fully saturated rings. The largest absolute Gasteiger partial charge is 0.312 e. The number of aromatic nitrogens is 2. The van der Waals surface area contributed by atoms with Crippen molar-refractivity contribution in [2.24, 2.45) is 5.92 Å². The van der Waals surface area contributed by atoms with Gasteiger partial charge in [0.05, 0.1) is 0 Å². The molecule has 0 atom stereocenters. The van der Waals surface area contributed by atoms with Gasteiger partial charge in [0.1, 0.15) is 0 Å². The maximum atomic E-state index is 4.44. The number of hydrogen-bond acceptors (Lipinski definition) is 4. The topological polar surface area (TPSA) is 37.8 Å². The number of benzene rings is 1. The summed E-state index contributed by atoms with van der Waals surface area (Å²) >= 11 is 1.61. The third-order valence-corrected chi connectivity index (χ3v) is 4.13. The van der Waals surface area contributed by atoms with Crippen molar-refractivity contribution in [2.75, 3.05) is 6.54 Å². The monoisotopic (exact) mass is 301 g/mol. The summed E-state index contributed by atoms with van der Waals surface area (Å²) in [5, 5.41) is 4.19. The molecule has 21 heavy (non-hydrogen) atoms. The van der Waals surface area contributed by atoms with Crippen molar-refractivity contribution >= 4 is 11.8 Å². The standard InChI is InChI=1S/C17H23N3S/c1-12(2)8-18-9-15-10-19-17(20-11-15)21-16-6-5-13(3)14(4)7-16/h5-7,10-12,18H,8-9H2,1-4H3. The minimum absolute atomic E-state index is 0.658. The smallest absolute Gasteiger partial charge is 0.192 e. The Bertz CT molecular complexity index is 579. The van der Waals surface area contributed by atoms with Crippen molar-refractivity contribution in [3.05, 3.63) is 47.3 Å². The Hall–Kier alpha value is -1.39. The fraction of sp³-hybridized carbons (Fsp3) is 0.412. The first-order valence-corrected chi connectivity index (χ1v) is 8.13. The fourth-order valence-corrected chi connectivity index (χ4v) is 2.67. The van der Waals surface area contributed by atoms with Gasteiger partial charge in [-0.05, 0) is 61.3 Å². The quantitative estimate of drug-likeness (QED) is 0.819. The first kappa shape index (κ1) is 16.0. The summed E-state index contributed by atoms with van der Waals surface area (Å²) in [5.41, 5.74) is 3.74. The van der Waals surface area contributed by atoms with Crippen LogP contribution in [-0.4, -0.2) is 16.5 Å². The van der Waals surface area contributed by atoms with Crippen molar-refractivity contribution in [3.8, 4) is 0 Å². The molecule has 0 spiro atoms. The normalized spacial score (nSPS) is 11.1. The van der Waals surface area contributed by atoms with E-state index in [0.29, 0.717) is 5.92 Å². The SMILES string of the molecule is Cc1ccc(Sc2ncc(CNCC(C)C)cn2)cc1C. The van der Waals surface area contributed by atoms with Crippen LogP contribution in [0.1, 0.15) is 30.5 Å². The molecule has 3 nitrogen and oxygen atoms in total. The van der Waals surface area contributed by atoms with Crippen molar-refractivity contribution in [3.63, 3.8) is 0 Å². The molecule has 1 aromatic heterocycles. The molecule has 1 aromatic carbocycles. The van der Waals surface area contributed by atoms with E-state index in [1.807, 2.05) is 12.4 Å². The van der Waals surface area contributed by atoms with Crippen molar-refractivity contribution in [2.45, 2.75) is 44.3 Å². The van der Waals surface area contributed by atoms with E-state index in [1.54, 1.807) is 11.8 Å². The number of aryl methyl sites for hydroxylation is 2. The lowest BCUT2D eigenvalue weighted by Gasteiger charge is -2.07. The Balaban J connectivity index is 1.94. The van der Waals surface area contributed by atoms with Gasteiger partial charge in [-0.25, -0.2) is 9.97 Å². The molecule has 2 rings (SSSR count). The molecule has 0 aliphatic rings. The van der Waals surface area contributed by atoms with Gasteiger partial charge in [-0.3, -0.25) is 0 Å². The maximum Gasteiger partial charge on any atom is 0.192 e. The Morgan fingerprint density at radius 1 is 1.10 bits per heavy atom. The lowest BCUT2D eigenvalue weighted by atomic mass is 10.1. The molecule has 0 aliphatic heterocycles. The highest BCUT2D eigenvalue weighted by Crippen LogP contribution is 2.26. The number of nitrogens with zero attached hydrogens (tertiary/aromatic N) is 2. The van der Waals surface area contributed by atoms with E-state index in [1.165, 1.54) is 16.0 Å². The summed E-state index contributed by atoms with van der Waals surface area (Å²) in [5.74, 6) is 0.658. The van der Waals surface area contributed by atoms with Crippen LogP contribution in [0, 0.1) is 19.8 Å². The van der Waals surface area contributed by atoms with Crippen molar-refractivity contribution in [1.29, 1.82) is 0 Å². The van der Waals surface area contributed by atoms with Crippen LogP contribution in [0.5, 0.6) is 0 Å². The fourth-order valence-electron chi connectivity index (χ4n) is 1.87. The zero-order chi connectivity index (χ0) is 15.2. The molecule has 0 saturated carbocycles. The second-order valence-electron chi connectivity index (χ2n) is 5.75. The molecule has 4 heteroatoms. The van der Waals surface area contributed by atoms with Crippen molar-refractivity contribution < 1.29 is 0 Å². The Morgan fingerprint density at radius 3 is 2.43 bits per heavy atom. The number of hydrogen-bond donors (Lipinski definition) is 1. The van der Waals surface area contributed by atoms with E-state index >= 15 is 0 Å². The zero-order valence-corrected chi connectivity index (χ0v) is 14.0. The predicted octanol–water partition coefficient (Wildman–Crippen LogP) is 3.99. The summed E-state index contributed by atoms with van der Waals surface area (Å²) in [6.07, 6.45) is 3.81. The van der Waals surface area contributed by atoms with Gasteiger partial charge in [-0.2, -0.15) is 0 Å². The molecular weight excluding hydrogens is 278 g/mol. The molecule has 1 heterocycles. The van der Waals surface area contributed by atoms with E-state index in [4.69, 9.17) is 0 Å². The summed E-state index contributed by atoms with van der Waals surface area (Å²) < 4.78 is 0. The van der Waals surface area contributed by atoms with E-state index in [0.717, 1.165) is 23.8 Å². The van der Waals surface area contributed by atoms with Crippen LogP contribution in [0.2, 0.25) is 0 Å². The Labute approximate surface area is 131 Å². The van der Waals surface area contributed by atoms with Crippen LogP contribution in [0.3, 0.4) is 0 Å². The van der Waals surface area contributed by atoms with Gasteiger partial charge in [0.15, 0.2) is 5.16 Å². The summed E-state index contributed by atoms with van der Waals surface area (Å²) in [6, 6.07) is 6.44. The second-order valence-corrected chi connectivity index (χ2v) is 6.79. The predicted molar refractivity (Wildman–Crippen MR) is 88.6 cm³/mol. The highest BCUT2D eigenvalue weighted by molar-refractivity contribution is 7.99. The molecule has 112 valence electrons. The lowest BCUT2D eigenvalue weighted by molar-refractivity contribution is 0.550. The molecule has 0 amide bonds. The van der Waals surface area contributed by atoms with Crippen LogP contribution >= 0.6 is 11.8 Å². The van der Waals surface area contributed by atoms with Gasteiger partial charge < -0.3 is 5.32 Å². The summed E-state index contributed by atoms with van der Waals surface area (Å²) in [7, 11) is 0. The second kappa shape index (κ2) is 7.57. The zero-order valence-electron chi connectivity index (χ0n) is 13.2. The first-order chi connectivity index (χ1) is 10.0. The average molecular weight is 301 g/mol. The van der Waals surface area contributed by atoms with Gasteiger partial charge in [0.2, 0.25) is 0 Å². The minimum atomic E-state index is 0.658. The van der Waals surface area contributed by atoms with Crippen LogP contribution in [0.15, 0.2) is 40.6 Å². The lowest BCUT2D eigenvalue weighted by Crippen LogP contribution is -2.19. The number of nitrogens with one attached hydrogen (secondary N) is 1. The van der Waals surface area contributed by atoms with Crippen molar-refractivity contribution in [1.82, 2.24) is 15.3 Å². The van der Waals surface area contributed by atoms with Crippen LogP contribution in [0.25, 0.3) is 0 Å². The van der Waals surface area contributed by atoms with E-state index in [9.17, 15) is 0 Å². The molecule has 0 bridgehead atoms. The van der Waals surface area contributed by atoms with Gasteiger partial charge >= 0.3 is 0 Å². The Morgan fingerprint density at radius 2 is 1.81 bits per heavy atom. The summed E-state index contributed by atoms with van der Waals surface area (Å²) in [6.45, 7) is 10.5. The number of rotatable bonds is 6. The first-order valence-electron chi connectivity index (χ1n) is 7.31. The van der Waals surface area contributed by atoms with Crippen LogP contribution in [-0.2, 0) is 6.54 Å². The molecule has 0 saturated heterocycles. The summed E-state index contributed by atoms with van der Waals surface area (Å²) in [4.78, 5) is 10.1. The minimum Gasteiger partial charge on any atom is -0.312 e. The van der Waals surface area contributed by atoms with Gasteiger partial charge in [-0.1, -0.05) is 19.9 Å². The van der Waals surface area contributed by atoms with E-state index in [2.05, 4.69) is 61.2 Å². The third kappa shape index (κ3) is 5.14. The maximum absolute atomic E-state index is 4.44. The van der Waals surface area contributed by atoms with E-state index < -0.39 is 0 Å². The Kier molecular flexibility index (Phi) is 5.76. The molecular formula is C17H23N3S. The van der Waals surface area contributed by atoms with Gasteiger partial charge in [-0.15, -0.1) is 0 Å². The van der Waals surface area contributed by atoms with Gasteiger partial charge in [0, 0.05) is 29.4 Å². The molecule has 0 aliphatic carbocycles. The molecule has 2 aromatic rings. The average Bonchev–Trinajstić information content (AvgIpc) is 2.44. The molecule has 0 radical (unpaired) electrons. The third-order valence-electron chi connectivity index (χ3n) is 3.25. The highest BCUT2D eigenvalue weighted by Gasteiger charge is 2.03. The molecule has 0 unspecified atom stereocenters. The van der Waals surface area contributed by atoms with Gasteiger partial charge in [0.25, 0.3) is 0 Å². The van der Waals surface area contributed by atoms with Crippen LogP contribution < -0.4 is 5.32 Å². The highest BCUT2D eigenvalue weighted by atomic mass is 32.2.